The minimum absolute atomic E-state index is 0.0266. The van der Waals surface area contributed by atoms with E-state index in [0.29, 0.717) is 31.3 Å². The number of nitrogens with one attached hydrogen (secondary N) is 2. The van der Waals surface area contributed by atoms with E-state index in [9.17, 15) is 14.4 Å². The molecule has 1 unspecified atom stereocenters. The Labute approximate surface area is 166 Å². The van der Waals surface area contributed by atoms with E-state index >= 15 is 0 Å². The molecule has 8 heteroatoms. The zero-order valence-corrected chi connectivity index (χ0v) is 16.9. The molecular weight excluding hydrogens is 366 g/mol. The number of urea groups is 1. The summed E-state index contributed by atoms with van der Waals surface area (Å²) >= 11 is 1.71. The molecule has 1 heterocycles. The first-order chi connectivity index (χ1) is 13.1. The second kappa shape index (κ2) is 12.1. The van der Waals surface area contributed by atoms with Crippen LogP contribution in [-0.4, -0.2) is 64.6 Å². The van der Waals surface area contributed by atoms with Crippen LogP contribution in [-0.2, 0) is 9.59 Å². The van der Waals surface area contributed by atoms with Crippen molar-refractivity contribution in [1.29, 1.82) is 0 Å². The summed E-state index contributed by atoms with van der Waals surface area (Å²) in [5.74, 6) is 0.794. The molecule has 1 saturated carbocycles. The topological polar surface area (TPSA) is 98.7 Å². The van der Waals surface area contributed by atoms with Gasteiger partial charge in [0.05, 0.1) is 12.5 Å². The highest BCUT2D eigenvalue weighted by molar-refractivity contribution is 7.99. The van der Waals surface area contributed by atoms with Crippen LogP contribution in [0, 0.1) is 0 Å². The molecule has 1 saturated heterocycles. The van der Waals surface area contributed by atoms with Gasteiger partial charge in [0.2, 0.25) is 5.91 Å². The highest BCUT2D eigenvalue weighted by Gasteiger charge is 2.28. The summed E-state index contributed by atoms with van der Waals surface area (Å²) in [5.41, 5.74) is 0. The van der Waals surface area contributed by atoms with Crippen LogP contribution in [0.25, 0.3) is 0 Å². The third-order valence-corrected chi connectivity index (χ3v) is 6.34. The van der Waals surface area contributed by atoms with Crippen LogP contribution in [0.2, 0.25) is 0 Å². The van der Waals surface area contributed by atoms with Gasteiger partial charge in [-0.15, -0.1) is 0 Å². The molecule has 1 atom stereocenters. The Morgan fingerprint density at radius 3 is 2.59 bits per heavy atom. The van der Waals surface area contributed by atoms with E-state index in [1.165, 1.54) is 19.3 Å². The second-order valence-electron chi connectivity index (χ2n) is 7.46. The van der Waals surface area contributed by atoms with Crippen molar-refractivity contribution in [3.05, 3.63) is 0 Å². The average molecular weight is 400 g/mol. The summed E-state index contributed by atoms with van der Waals surface area (Å²) in [5, 5.41) is 14.9. The standard InChI is InChI=1S/C19H33N3O4S/c23-17(22-11-12-27-14-16(22)13-18(24)25)9-5-2-6-10-20-19(26)21-15-7-3-1-4-8-15/h15-16H,1-14H2,(H,24,25)(H2,20,21,26). The van der Waals surface area contributed by atoms with Gasteiger partial charge in [0, 0.05) is 37.1 Å². The van der Waals surface area contributed by atoms with Crippen molar-refractivity contribution in [3.8, 4) is 0 Å². The Bertz CT molecular complexity index is 497. The van der Waals surface area contributed by atoms with Gasteiger partial charge in [0.15, 0.2) is 0 Å². The van der Waals surface area contributed by atoms with E-state index < -0.39 is 5.97 Å². The molecule has 0 bridgehead atoms. The Balaban J connectivity index is 1.54. The van der Waals surface area contributed by atoms with Crippen molar-refractivity contribution in [2.24, 2.45) is 0 Å². The Morgan fingerprint density at radius 1 is 1.07 bits per heavy atom. The number of carbonyl (C=O) groups is 3. The Morgan fingerprint density at radius 2 is 1.85 bits per heavy atom. The Kier molecular flexibility index (Phi) is 9.80. The molecule has 2 rings (SSSR count). The Hall–Kier alpha value is -1.44. The summed E-state index contributed by atoms with van der Waals surface area (Å²) in [6, 6.07) is 0.0528. The van der Waals surface area contributed by atoms with Crippen molar-refractivity contribution in [3.63, 3.8) is 0 Å². The quantitative estimate of drug-likeness (QED) is 0.518. The van der Waals surface area contributed by atoms with E-state index in [0.717, 1.165) is 37.9 Å². The molecule has 154 valence electrons. The molecule has 27 heavy (non-hydrogen) atoms. The van der Waals surface area contributed by atoms with Crippen LogP contribution in [0.4, 0.5) is 4.79 Å². The molecule has 7 nitrogen and oxygen atoms in total. The third kappa shape index (κ3) is 8.41. The van der Waals surface area contributed by atoms with E-state index in [2.05, 4.69) is 10.6 Å². The van der Waals surface area contributed by atoms with Gasteiger partial charge in [-0.3, -0.25) is 9.59 Å². The molecule has 2 aliphatic rings. The minimum Gasteiger partial charge on any atom is -0.481 e. The van der Waals surface area contributed by atoms with Crippen LogP contribution in [0.5, 0.6) is 0 Å². The first-order valence-corrected chi connectivity index (χ1v) is 11.3. The predicted molar refractivity (Wildman–Crippen MR) is 107 cm³/mol. The maximum absolute atomic E-state index is 12.4. The smallest absolute Gasteiger partial charge is 0.315 e. The molecule has 2 fully saturated rings. The van der Waals surface area contributed by atoms with E-state index in [-0.39, 0.29) is 24.4 Å². The normalized spacial score (nSPS) is 20.9. The van der Waals surface area contributed by atoms with Gasteiger partial charge in [-0.2, -0.15) is 11.8 Å². The molecule has 3 amide bonds. The SMILES string of the molecule is O=C(O)CC1CSCCN1C(=O)CCCCCNC(=O)NC1CCCCC1. The molecule has 0 spiro atoms. The van der Waals surface area contributed by atoms with E-state index in [1.54, 1.807) is 16.7 Å². The first-order valence-electron chi connectivity index (χ1n) is 10.2. The molecule has 1 aliphatic heterocycles. The predicted octanol–water partition coefficient (Wildman–Crippen LogP) is 2.60. The highest BCUT2D eigenvalue weighted by atomic mass is 32.2. The number of amides is 3. The molecule has 0 radical (unpaired) electrons. The van der Waals surface area contributed by atoms with Crippen molar-refractivity contribution >= 4 is 29.7 Å². The summed E-state index contributed by atoms with van der Waals surface area (Å²) < 4.78 is 0. The lowest BCUT2D eigenvalue weighted by Gasteiger charge is -2.34. The molecule has 1 aliphatic carbocycles. The van der Waals surface area contributed by atoms with Crippen molar-refractivity contribution in [2.75, 3.05) is 24.6 Å². The van der Waals surface area contributed by atoms with Crippen molar-refractivity contribution < 1.29 is 19.5 Å². The number of carboxylic acids is 1. The maximum Gasteiger partial charge on any atom is 0.315 e. The highest BCUT2D eigenvalue weighted by Crippen LogP contribution is 2.20. The molecule has 0 aromatic rings. The van der Waals surface area contributed by atoms with Gasteiger partial charge in [0.25, 0.3) is 0 Å². The number of unbranched alkanes of at least 4 members (excludes halogenated alkanes) is 2. The lowest BCUT2D eigenvalue weighted by atomic mass is 9.96. The summed E-state index contributed by atoms with van der Waals surface area (Å²) in [7, 11) is 0. The molecular formula is C19H33N3O4S. The largest absolute Gasteiger partial charge is 0.481 e. The summed E-state index contributed by atoms with van der Waals surface area (Å²) in [6.07, 6.45) is 8.79. The van der Waals surface area contributed by atoms with Crippen LogP contribution in [0.3, 0.4) is 0 Å². The lowest BCUT2D eigenvalue weighted by Crippen LogP contribution is -2.47. The van der Waals surface area contributed by atoms with Crippen LogP contribution in [0.1, 0.15) is 64.2 Å². The van der Waals surface area contributed by atoms with Gasteiger partial charge >= 0.3 is 12.0 Å². The molecule has 0 aromatic carbocycles. The van der Waals surface area contributed by atoms with Crippen LogP contribution in [0.15, 0.2) is 0 Å². The van der Waals surface area contributed by atoms with Crippen molar-refractivity contribution in [2.45, 2.75) is 76.3 Å². The zero-order chi connectivity index (χ0) is 19.5. The van der Waals surface area contributed by atoms with Gasteiger partial charge < -0.3 is 20.6 Å². The molecule has 3 N–H and O–H groups in total. The number of hydrogen-bond acceptors (Lipinski definition) is 4. The van der Waals surface area contributed by atoms with Gasteiger partial charge in [-0.25, -0.2) is 4.79 Å². The van der Waals surface area contributed by atoms with Gasteiger partial charge in [-0.05, 0) is 25.7 Å². The third-order valence-electron chi connectivity index (χ3n) is 5.25. The number of thioether (sulfide) groups is 1. The minimum atomic E-state index is -0.849. The monoisotopic (exact) mass is 399 g/mol. The maximum atomic E-state index is 12.4. The van der Waals surface area contributed by atoms with Crippen LogP contribution < -0.4 is 10.6 Å². The van der Waals surface area contributed by atoms with Crippen LogP contribution >= 0.6 is 11.8 Å². The number of carbonyl (C=O) groups excluding carboxylic acids is 2. The van der Waals surface area contributed by atoms with Gasteiger partial charge in [0.1, 0.15) is 0 Å². The fourth-order valence-electron chi connectivity index (χ4n) is 3.76. The number of rotatable bonds is 9. The van der Waals surface area contributed by atoms with Crippen molar-refractivity contribution in [1.82, 2.24) is 15.5 Å². The zero-order valence-electron chi connectivity index (χ0n) is 16.1. The first kappa shape index (κ1) is 21.9. The fraction of sp³-hybridized carbons (Fsp3) is 0.842. The number of hydrogen-bond donors (Lipinski definition) is 3. The number of aliphatic carboxylic acids is 1. The summed E-state index contributed by atoms with van der Waals surface area (Å²) in [6.45, 7) is 1.26. The molecule has 0 aromatic heterocycles. The fourth-order valence-corrected chi connectivity index (χ4v) is 4.82. The summed E-state index contributed by atoms with van der Waals surface area (Å²) in [4.78, 5) is 37.0. The van der Waals surface area contributed by atoms with E-state index in [1.807, 2.05) is 0 Å². The number of carboxylic acid groups (broad SMARTS) is 1. The second-order valence-corrected chi connectivity index (χ2v) is 8.61. The average Bonchev–Trinajstić information content (AvgIpc) is 2.65. The van der Waals surface area contributed by atoms with E-state index in [4.69, 9.17) is 5.11 Å². The lowest BCUT2D eigenvalue weighted by molar-refractivity contribution is -0.140. The van der Waals surface area contributed by atoms with Gasteiger partial charge in [-0.1, -0.05) is 25.7 Å². The number of nitrogens with zero attached hydrogens (tertiary/aromatic N) is 1.